The zero-order chi connectivity index (χ0) is 7.68. The van der Waals surface area contributed by atoms with Crippen molar-refractivity contribution < 1.29 is 0 Å². The molecule has 0 unspecified atom stereocenters. The standard InChI is InChI=1S/C9H10N2/c1-7-2-3-8-5-10-6-11-9(8)4-7/h2-5,11H,6H2,1H3. The van der Waals surface area contributed by atoms with Crippen LogP contribution < -0.4 is 5.32 Å². The minimum Gasteiger partial charge on any atom is -0.366 e. The first kappa shape index (κ1) is 6.40. The van der Waals surface area contributed by atoms with Crippen LogP contribution in [0.1, 0.15) is 11.1 Å². The van der Waals surface area contributed by atoms with E-state index in [0.717, 1.165) is 0 Å². The van der Waals surface area contributed by atoms with E-state index in [0.29, 0.717) is 6.67 Å². The van der Waals surface area contributed by atoms with Crippen LogP contribution in [0.3, 0.4) is 0 Å². The van der Waals surface area contributed by atoms with Crippen molar-refractivity contribution in [2.24, 2.45) is 4.99 Å². The predicted octanol–water partition coefficient (Wildman–Crippen LogP) is 1.80. The fourth-order valence-corrected chi connectivity index (χ4v) is 1.21. The number of anilines is 1. The van der Waals surface area contributed by atoms with Gasteiger partial charge >= 0.3 is 0 Å². The maximum Gasteiger partial charge on any atom is 0.107 e. The highest BCUT2D eigenvalue weighted by Gasteiger charge is 2.02. The molecule has 1 aromatic rings. The molecule has 0 bridgehead atoms. The minimum atomic E-state index is 0.705. The fourth-order valence-electron chi connectivity index (χ4n) is 1.21. The summed E-state index contributed by atoms with van der Waals surface area (Å²) in [6.45, 7) is 2.80. The Morgan fingerprint density at radius 2 is 2.36 bits per heavy atom. The largest absolute Gasteiger partial charge is 0.366 e. The number of hydrogen-bond donors (Lipinski definition) is 1. The molecule has 2 rings (SSSR count). The van der Waals surface area contributed by atoms with Crippen molar-refractivity contribution >= 4 is 11.9 Å². The first-order chi connectivity index (χ1) is 5.36. The minimum absolute atomic E-state index is 0.705. The summed E-state index contributed by atoms with van der Waals surface area (Å²) >= 11 is 0. The second kappa shape index (κ2) is 2.38. The van der Waals surface area contributed by atoms with E-state index in [1.54, 1.807) is 0 Å². The van der Waals surface area contributed by atoms with Gasteiger partial charge < -0.3 is 5.32 Å². The van der Waals surface area contributed by atoms with Crippen LogP contribution in [0.25, 0.3) is 0 Å². The first-order valence-electron chi connectivity index (χ1n) is 3.70. The third-order valence-electron chi connectivity index (χ3n) is 1.80. The van der Waals surface area contributed by atoms with Crippen LogP contribution in [0.4, 0.5) is 5.69 Å². The molecule has 0 fully saturated rings. The number of nitrogens with one attached hydrogen (secondary N) is 1. The molecule has 0 aliphatic carbocycles. The number of hydrogen-bond acceptors (Lipinski definition) is 2. The van der Waals surface area contributed by atoms with E-state index in [-0.39, 0.29) is 0 Å². The summed E-state index contributed by atoms with van der Waals surface area (Å²) in [6, 6.07) is 6.32. The van der Waals surface area contributed by atoms with Gasteiger partial charge in [0.15, 0.2) is 0 Å². The van der Waals surface area contributed by atoms with Gasteiger partial charge in [-0.2, -0.15) is 0 Å². The highest BCUT2D eigenvalue weighted by Crippen LogP contribution is 2.17. The maximum atomic E-state index is 4.11. The summed E-state index contributed by atoms with van der Waals surface area (Å²) in [6.07, 6.45) is 1.91. The van der Waals surface area contributed by atoms with E-state index in [1.807, 2.05) is 6.21 Å². The monoisotopic (exact) mass is 146 g/mol. The topological polar surface area (TPSA) is 24.4 Å². The molecular weight excluding hydrogens is 136 g/mol. The van der Waals surface area contributed by atoms with Crippen molar-refractivity contribution in [3.63, 3.8) is 0 Å². The van der Waals surface area contributed by atoms with Gasteiger partial charge in [-0.1, -0.05) is 12.1 Å². The molecule has 2 heteroatoms. The Balaban J connectivity index is 2.53. The van der Waals surface area contributed by atoms with Crippen molar-refractivity contribution in [2.45, 2.75) is 6.92 Å². The molecule has 1 aliphatic rings. The molecule has 0 spiro atoms. The van der Waals surface area contributed by atoms with Crippen LogP contribution in [-0.4, -0.2) is 12.9 Å². The lowest BCUT2D eigenvalue weighted by atomic mass is 10.1. The first-order valence-corrected chi connectivity index (χ1v) is 3.70. The summed E-state index contributed by atoms with van der Waals surface area (Å²) in [7, 11) is 0. The second-order valence-corrected chi connectivity index (χ2v) is 2.74. The van der Waals surface area contributed by atoms with E-state index in [1.165, 1.54) is 16.8 Å². The molecule has 1 aromatic carbocycles. The van der Waals surface area contributed by atoms with Crippen molar-refractivity contribution in [3.05, 3.63) is 29.3 Å². The van der Waals surface area contributed by atoms with Crippen LogP contribution in [-0.2, 0) is 0 Å². The number of aryl methyl sites for hydroxylation is 1. The Morgan fingerprint density at radius 3 is 3.27 bits per heavy atom. The molecule has 0 radical (unpaired) electrons. The molecule has 1 heterocycles. The Labute approximate surface area is 66.0 Å². The van der Waals surface area contributed by atoms with Crippen molar-refractivity contribution in [1.29, 1.82) is 0 Å². The Morgan fingerprint density at radius 1 is 1.45 bits per heavy atom. The molecule has 0 aromatic heterocycles. The van der Waals surface area contributed by atoms with Crippen LogP contribution in [0.2, 0.25) is 0 Å². The van der Waals surface area contributed by atoms with Crippen LogP contribution in [0.5, 0.6) is 0 Å². The average Bonchev–Trinajstić information content (AvgIpc) is 2.04. The van der Waals surface area contributed by atoms with E-state index in [4.69, 9.17) is 0 Å². The molecular formula is C9H10N2. The highest BCUT2D eigenvalue weighted by atomic mass is 15.0. The van der Waals surface area contributed by atoms with Crippen LogP contribution >= 0.6 is 0 Å². The van der Waals surface area contributed by atoms with Crippen molar-refractivity contribution in [2.75, 3.05) is 12.0 Å². The van der Waals surface area contributed by atoms with E-state index in [9.17, 15) is 0 Å². The molecule has 56 valence electrons. The molecule has 2 nitrogen and oxygen atoms in total. The van der Waals surface area contributed by atoms with E-state index in [2.05, 4.69) is 35.4 Å². The number of fused-ring (bicyclic) bond motifs is 1. The lowest BCUT2D eigenvalue weighted by molar-refractivity contribution is 1.12. The van der Waals surface area contributed by atoms with Gasteiger partial charge in [0, 0.05) is 17.5 Å². The van der Waals surface area contributed by atoms with Gasteiger partial charge in [-0.3, -0.25) is 4.99 Å². The second-order valence-electron chi connectivity index (χ2n) is 2.74. The lowest BCUT2D eigenvalue weighted by Crippen LogP contribution is -2.07. The van der Waals surface area contributed by atoms with Crippen LogP contribution in [0.15, 0.2) is 23.2 Å². The summed E-state index contributed by atoms with van der Waals surface area (Å²) in [5.41, 5.74) is 3.66. The number of nitrogens with zero attached hydrogens (tertiary/aromatic N) is 1. The number of aliphatic imine (C=N–C) groups is 1. The highest BCUT2D eigenvalue weighted by molar-refractivity contribution is 5.89. The van der Waals surface area contributed by atoms with Gasteiger partial charge in [-0.15, -0.1) is 0 Å². The fraction of sp³-hybridized carbons (Fsp3) is 0.222. The Hall–Kier alpha value is -1.31. The number of benzene rings is 1. The zero-order valence-corrected chi connectivity index (χ0v) is 6.46. The predicted molar refractivity (Wildman–Crippen MR) is 47.3 cm³/mol. The Kier molecular flexibility index (Phi) is 1.39. The smallest absolute Gasteiger partial charge is 0.107 e. The molecule has 1 N–H and O–H groups in total. The van der Waals surface area contributed by atoms with Crippen molar-refractivity contribution in [1.82, 2.24) is 0 Å². The molecule has 11 heavy (non-hydrogen) atoms. The number of rotatable bonds is 0. The molecule has 0 atom stereocenters. The van der Waals surface area contributed by atoms with Gasteiger partial charge in [0.05, 0.1) is 0 Å². The summed E-state index contributed by atoms with van der Waals surface area (Å²) < 4.78 is 0. The van der Waals surface area contributed by atoms with Crippen LogP contribution in [0, 0.1) is 6.92 Å². The quantitative estimate of drug-likeness (QED) is 0.593. The molecule has 1 aliphatic heterocycles. The molecule has 0 saturated carbocycles. The summed E-state index contributed by atoms with van der Waals surface area (Å²) in [5, 5.41) is 3.21. The third-order valence-corrected chi connectivity index (χ3v) is 1.80. The van der Waals surface area contributed by atoms with Gasteiger partial charge in [0.1, 0.15) is 6.67 Å². The summed E-state index contributed by atoms with van der Waals surface area (Å²) in [4.78, 5) is 4.11. The van der Waals surface area contributed by atoms with E-state index < -0.39 is 0 Å². The zero-order valence-electron chi connectivity index (χ0n) is 6.46. The maximum absolute atomic E-state index is 4.11. The average molecular weight is 146 g/mol. The SMILES string of the molecule is Cc1ccc2c(c1)NCN=C2. The van der Waals surface area contributed by atoms with Gasteiger partial charge in [-0.05, 0) is 18.6 Å². The normalized spacial score (nSPS) is 13.9. The van der Waals surface area contributed by atoms with Gasteiger partial charge in [-0.25, -0.2) is 0 Å². The molecule has 0 amide bonds. The van der Waals surface area contributed by atoms with Crippen molar-refractivity contribution in [3.8, 4) is 0 Å². The Bertz CT molecular complexity index is 302. The lowest BCUT2D eigenvalue weighted by Gasteiger charge is -2.12. The van der Waals surface area contributed by atoms with Gasteiger partial charge in [0.25, 0.3) is 0 Å². The molecule has 0 saturated heterocycles. The summed E-state index contributed by atoms with van der Waals surface area (Å²) in [5.74, 6) is 0. The third kappa shape index (κ3) is 1.11. The van der Waals surface area contributed by atoms with E-state index >= 15 is 0 Å². The van der Waals surface area contributed by atoms with Gasteiger partial charge in [0.2, 0.25) is 0 Å².